The van der Waals surface area contributed by atoms with Crippen LogP contribution in [0.25, 0.3) is 0 Å². The summed E-state index contributed by atoms with van der Waals surface area (Å²) in [6.45, 7) is 1.95. The molecule has 102 valence electrons. The van der Waals surface area contributed by atoms with E-state index in [2.05, 4.69) is 15.3 Å². The number of nitrogens with zero attached hydrogens (tertiary/aromatic N) is 2. The second kappa shape index (κ2) is 5.34. The summed E-state index contributed by atoms with van der Waals surface area (Å²) in [4.78, 5) is 8.85. The van der Waals surface area contributed by atoms with Gasteiger partial charge in [-0.3, -0.25) is 4.99 Å². The molecule has 0 radical (unpaired) electrons. The number of rotatable bonds is 2. The Morgan fingerprint density at radius 3 is 2.95 bits per heavy atom. The molecule has 1 atom stereocenters. The maximum absolute atomic E-state index is 13.1. The van der Waals surface area contributed by atoms with Crippen LogP contribution >= 0.6 is 22.9 Å². The molecule has 0 saturated carbocycles. The fourth-order valence-electron chi connectivity index (χ4n) is 2.02. The van der Waals surface area contributed by atoms with Crippen LogP contribution in [0.15, 0.2) is 46.5 Å². The second-order valence-corrected chi connectivity index (χ2v) is 5.70. The zero-order valence-electron chi connectivity index (χ0n) is 10.6. The zero-order valence-corrected chi connectivity index (χ0v) is 12.2. The van der Waals surface area contributed by atoms with Crippen molar-refractivity contribution in [2.75, 3.05) is 0 Å². The third-order valence-corrected chi connectivity index (χ3v) is 4.01. The van der Waals surface area contributed by atoms with Crippen LogP contribution in [0.3, 0.4) is 0 Å². The summed E-state index contributed by atoms with van der Waals surface area (Å²) >= 11 is 7.62. The van der Waals surface area contributed by atoms with Gasteiger partial charge >= 0.3 is 0 Å². The molecule has 6 heteroatoms. The maximum atomic E-state index is 13.1. The molecule has 0 amide bonds. The van der Waals surface area contributed by atoms with Crippen molar-refractivity contribution in [3.8, 4) is 0 Å². The number of aromatic nitrogens is 1. The molecule has 2 heterocycles. The molecule has 3 rings (SSSR count). The summed E-state index contributed by atoms with van der Waals surface area (Å²) in [7, 11) is 0. The number of aliphatic imine (C=N–C) groups is 1. The van der Waals surface area contributed by atoms with Gasteiger partial charge in [0, 0.05) is 22.3 Å². The standard InChI is InChI=1S/C14H11ClFN3S/c1-8-6-12(10-3-2-9(16)7-11(10)15)19-13(18-8)14-17-4-5-20-14/h2-7,12H,1H3,(H,18,19)/t12-/m1/s1. The van der Waals surface area contributed by atoms with Crippen molar-refractivity contribution in [3.05, 3.63) is 63.0 Å². The largest absolute Gasteiger partial charge is 0.342 e. The van der Waals surface area contributed by atoms with Gasteiger partial charge in [0.25, 0.3) is 0 Å². The third kappa shape index (κ3) is 2.59. The monoisotopic (exact) mass is 307 g/mol. The Kier molecular flexibility index (Phi) is 3.54. The Morgan fingerprint density at radius 1 is 1.40 bits per heavy atom. The molecule has 1 aliphatic rings. The van der Waals surface area contributed by atoms with Gasteiger partial charge in [-0.1, -0.05) is 17.7 Å². The van der Waals surface area contributed by atoms with Crippen molar-refractivity contribution in [1.29, 1.82) is 0 Å². The van der Waals surface area contributed by atoms with E-state index < -0.39 is 0 Å². The molecule has 20 heavy (non-hydrogen) atoms. The summed E-state index contributed by atoms with van der Waals surface area (Å²) in [6.07, 6.45) is 3.69. The predicted octanol–water partition coefficient (Wildman–Crippen LogP) is 3.93. The number of halogens is 2. The number of thiazole rings is 1. The van der Waals surface area contributed by atoms with Gasteiger partial charge in [0.2, 0.25) is 0 Å². The Labute approximate surface area is 124 Å². The smallest absolute Gasteiger partial charge is 0.162 e. The normalized spacial score (nSPS) is 18.2. The van der Waals surface area contributed by atoms with E-state index in [9.17, 15) is 4.39 Å². The fraction of sp³-hybridized carbons (Fsp3) is 0.143. The van der Waals surface area contributed by atoms with Gasteiger partial charge in [0.1, 0.15) is 5.82 Å². The molecule has 1 N–H and O–H groups in total. The minimum absolute atomic E-state index is 0.233. The van der Waals surface area contributed by atoms with Crippen molar-refractivity contribution in [1.82, 2.24) is 10.3 Å². The average molecular weight is 308 g/mol. The van der Waals surface area contributed by atoms with Crippen LogP contribution in [-0.2, 0) is 0 Å². The molecular weight excluding hydrogens is 297 g/mol. The van der Waals surface area contributed by atoms with Crippen molar-refractivity contribution >= 4 is 28.8 Å². The Balaban J connectivity index is 2.01. The fourth-order valence-corrected chi connectivity index (χ4v) is 2.89. The number of nitrogens with one attached hydrogen (secondary N) is 1. The van der Waals surface area contributed by atoms with Crippen molar-refractivity contribution < 1.29 is 4.39 Å². The summed E-state index contributed by atoms with van der Waals surface area (Å²) in [5.74, 6) is 0.364. The predicted molar refractivity (Wildman–Crippen MR) is 79.7 cm³/mol. The van der Waals surface area contributed by atoms with E-state index in [1.54, 1.807) is 12.3 Å². The van der Waals surface area contributed by atoms with Gasteiger partial charge in [-0.25, -0.2) is 9.37 Å². The first-order valence-corrected chi connectivity index (χ1v) is 7.27. The molecule has 1 aromatic carbocycles. The van der Waals surface area contributed by atoms with Crippen LogP contribution in [0.5, 0.6) is 0 Å². The first-order valence-electron chi connectivity index (χ1n) is 6.01. The molecule has 1 aliphatic heterocycles. The van der Waals surface area contributed by atoms with Crippen molar-refractivity contribution in [2.24, 2.45) is 4.99 Å². The highest BCUT2D eigenvalue weighted by atomic mass is 35.5. The SMILES string of the molecule is CC1=C[C@H](c2ccc(F)cc2Cl)N=C(c2nccs2)N1. The van der Waals surface area contributed by atoms with Gasteiger partial charge in [0.15, 0.2) is 10.8 Å². The van der Waals surface area contributed by atoms with Gasteiger partial charge < -0.3 is 5.32 Å². The van der Waals surface area contributed by atoms with Crippen LogP contribution < -0.4 is 5.32 Å². The van der Waals surface area contributed by atoms with E-state index in [0.29, 0.717) is 10.9 Å². The minimum atomic E-state index is -0.350. The first-order chi connectivity index (χ1) is 9.63. The highest BCUT2D eigenvalue weighted by molar-refractivity contribution is 7.11. The molecule has 0 fully saturated rings. The summed E-state index contributed by atoms with van der Waals surface area (Å²) in [5, 5.41) is 6.29. The van der Waals surface area contributed by atoms with E-state index in [-0.39, 0.29) is 11.9 Å². The molecular formula is C14H11ClFN3S. The van der Waals surface area contributed by atoms with E-state index in [1.165, 1.54) is 23.5 Å². The molecule has 0 bridgehead atoms. The van der Waals surface area contributed by atoms with Gasteiger partial charge in [-0.05, 0) is 30.7 Å². The molecule has 0 aliphatic carbocycles. The highest BCUT2D eigenvalue weighted by Crippen LogP contribution is 2.30. The molecule has 0 unspecified atom stereocenters. The van der Waals surface area contributed by atoms with Gasteiger partial charge in [-0.15, -0.1) is 11.3 Å². The Bertz CT molecular complexity index is 694. The van der Waals surface area contributed by atoms with Crippen LogP contribution in [0.1, 0.15) is 23.5 Å². The lowest BCUT2D eigenvalue weighted by Gasteiger charge is -2.20. The lowest BCUT2D eigenvalue weighted by molar-refractivity contribution is 0.626. The quantitative estimate of drug-likeness (QED) is 0.912. The lowest BCUT2D eigenvalue weighted by Crippen LogP contribution is -2.27. The molecule has 0 saturated heterocycles. The number of allylic oxidation sites excluding steroid dienone is 1. The van der Waals surface area contributed by atoms with Crippen molar-refractivity contribution in [2.45, 2.75) is 13.0 Å². The van der Waals surface area contributed by atoms with Gasteiger partial charge in [-0.2, -0.15) is 0 Å². The summed E-state index contributed by atoms with van der Waals surface area (Å²) in [5.41, 5.74) is 1.75. The van der Waals surface area contributed by atoms with Gasteiger partial charge in [0.05, 0.1) is 6.04 Å². The first kappa shape index (κ1) is 13.3. The van der Waals surface area contributed by atoms with Crippen LogP contribution in [0.4, 0.5) is 4.39 Å². The van der Waals surface area contributed by atoms with Crippen molar-refractivity contribution in [3.63, 3.8) is 0 Å². The minimum Gasteiger partial charge on any atom is -0.342 e. The Morgan fingerprint density at radius 2 is 2.25 bits per heavy atom. The highest BCUT2D eigenvalue weighted by Gasteiger charge is 2.19. The number of benzene rings is 1. The van der Waals surface area contributed by atoms with E-state index in [4.69, 9.17) is 11.6 Å². The maximum Gasteiger partial charge on any atom is 0.162 e. The third-order valence-electron chi connectivity index (χ3n) is 2.91. The number of hydrogen-bond acceptors (Lipinski definition) is 4. The van der Waals surface area contributed by atoms with E-state index in [1.807, 2.05) is 18.4 Å². The van der Waals surface area contributed by atoms with Crippen LogP contribution in [0, 0.1) is 5.82 Å². The average Bonchev–Trinajstić information content (AvgIpc) is 2.91. The number of hydrogen-bond donors (Lipinski definition) is 1. The molecule has 0 spiro atoms. The molecule has 1 aromatic heterocycles. The zero-order chi connectivity index (χ0) is 14.1. The van der Waals surface area contributed by atoms with E-state index in [0.717, 1.165) is 16.3 Å². The molecule has 3 nitrogen and oxygen atoms in total. The Hall–Kier alpha value is -1.72. The van der Waals surface area contributed by atoms with Crippen LogP contribution in [-0.4, -0.2) is 10.8 Å². The summed E-state index contributed by atoms with van der Waals surface area (Å²) < 4.78 is 13.1. The topological polar surface area (TPSA) is 37.3 Å². The van der Waals surface area contributed by atoms with Crippen LogP contribution in [0.2, 0.25) is 5.02 Å². The molecule has 2 aromatic rings. The summed E-state index contributed by atoms with van der Waals surface area (Å²) in [6, 6.07) is 4.13. The number of amidine groups is 1. The van der Waals surface area contributed by atoms with E-state index >= 15 is 0 Å². The second-order valence-electron chi connectivity index (χ2n) is 4.40. The lowest BCUT2D eigenvalue weighted by atomic mass is 10.0.